The van der Waals surface area contributed by atoms with Crippen molar-refractivity contribution in [2.75, 3.05) is 11.4 Å². The van der Waals surface area contributed by atoms with E-state index in [1.54, 1.807) is 29.6 Å². The van der Waals surface area contributed by atoms with Gasteiger partial charge in [-0.2, -0.15) is 0 Å². The van der Waals surface area contributed by atoms with Crippen molar-refractivity contribution in [3.8, 4) is 17.0 Å². The van der Waals surface area contributed by atoms with Crippen molar-refractivity contribution in [2.45, 2.75) is 11.7 Å². The first-order chi connectivity index (χ1) is 10.4. The van der Waals surface area contributed by atoms with Gasteiger partial charge in [-0.25, -0.2) is 18.5 Å². The van der Waals surface area contributed by atoms with E-state index in [2.05, 4.69) is 4.98 Å². The van der Waals surface area contributed by atoms with Gasteiger partial charge in [0.15, 0.2) is 5.13 Å². The number of amides is 1. The normalized spacial score (nSPS) is 18.9. The lowest BCUT2D eigenvalue weighted by molar-refractivity contribution is -0.117. The van der Waals surface area contributed by atoms with Crippen LogP contribution < -0.4 is 10.0 Å². The molecule has 1 atom stereocenters. The number of sulfonamides is 1. The number of hydrogen-bond acceptors (Lipinski definition) is 6. The van der Waals surface area contributed by atoms with Crippen LogP contribution in [-0.4, -0.2) is 36.2 Å². The van der Waals surface area contributed by atoms with Crippen LogP contribution in [0.5, 0.6) is 5.75 Å². The number of nitrogens with two attached hydrogens (primary N) is 1. The number of hydrogen-bond donors (Lipinski definition) is 2. The number of benzene rings is 1. The van der Waals surface area contributed by atoms with E-state index in [1.807, 2.05) is 0 Å². The highest BCUT2D eigenvalue weighted by Crippen LogP contribution is 2.34. The first-order valence-corrected chi connectivity index (χ1v) is 8.91. The third-order valence-corrected chi connectivity index (χ3v) is 5.57. The lowest BCUT2D eigenvalue weighted by Crippen LogP contribution is -2.32. The molecule has 1 aliphatic rings. The molecule has 1 aliphatic heterocycles. The van der Waals surface area contributed by atoms with E-state index in [0.717, 1.165) is 0 Å². The molecule has 1 unspecified atom stereocenters. The number of nitrogens with zero attached hydrogens (tertiary/aromatic N) is 2. The fraction of sp³-hybridized carbons (Fsp3) is 0.231. The van der Waals surface area contributed by atoms with Gasteiger partial charge in [-0.15, -0.1) is 11.3 Å². The summed E-state index contributed by atoms with van der Waals surface area (Å²) in [5.74, 6) is -0.230. The molecule has 22 heavy (non-hydrogen) atoms. The van der Waals surface area contributed by atoms with Crippen LogP contribution >= 0.6 is 11.3 Å². The predicted octanol–water partition coefficient (Wildman–Crippen LogP) is 0.910. The van der Waals surface area contributed by atoms with Gasteiger partial charge in [0.2, 0.25) is 15.9 Å². The van der Waals surface area contributed by atoms with Crippen molar-refractivity contribution >= 4 is 32.4 Å². The third kappa shape index (κ3) is 2.70. The molecule has 0 spiro atoms. The summed E-state index contributed by atoms with van der Waals surface area (Å²) in [6.07, 6.45) is -0.135. The number of carbonyl (C=O) groups excluding carboxylic acids is 1. The van der Waals surface area contributed by atoms with Gasteiger partial charge in [-0.05, 0) is 12.1 Å². The van der Waals surface area contributed by atoms with E-state index in [9.17, 15) is 18.3 Å². The maximum absolute atomic E-state index is 12.0. The van der Waals surface area contributed by atoms with Crippen LogP contribution in [-0.2, 0) is 14.8 Å². The average Bonchev–Trinajstić information content (AvgIpc) is 3.05. The van der Waals surface area contributed by atoms with Gasteiger partial charge in [0, 0.05) is 23.9 Å². The molecular weight excluding hydrogens is 326 g/mol. The molecule has 1 aromatic heterocycles. The maximum Gasteiger partial charge on any atom is 0.230 e. The highest BCUT2D eigenvalue weighted by atomic mass is 32.2. The molecule has 1 amide bonds. The van der Waals surface area contributed by atoms with Crippen LogP contribution in [0.1, 0.15) is 6.42 Å². The summed E-state index contributed by atoms with van der Waals surface area (Å²) in [6.45, 7) is 0.00535. The van der Waals surface area contributed by atoms with Crippen LogP contribution in [0.3, 0.4) is 0 Å². The second-order valence-corrected chi connectivity index (χ2v) is 7.63. The van der Waals surface area contributed by atoms with Crippen molar-refractivity contribution in [3.63, 3.8) is 0 Å². The van der Waals surface area contributed by atoms with E-state index < -0.39 is 15.3 Å². The summed E-state index contributed by atoms with van der Waals surface area (Å²) < 4.78 is 22.8. The van der Waals surface area contributed by atoms with Crippen LogP contribution in [0.2, 0.25) is 0 Å². The number of primary sulfonamides is 1. The minimum Gasteiger partial charge on any atom is -0.507 e. The van der Waals surface area contributed by atoms with Gasteiger partial charge < -0.3 is 5.11 Å². The molecule has 9 heteroatoms. The molecule has 2 aromatic rings. The summed E-state index contributed by atoms with van der Waals surface area (Å²) >= 11 is 1.21. The molecule has 0 radical (unpaired) electrons. The zero-order chi connectivity index (χ0) is 15.9. The molecular formula is C13H13N3O4S2. The zero-order valence-electron chi connectivity index (χ0n) is 11.3. The molecule has 1 fully saturated rings. The van der Waals surface area contributed by atoms with Crippen LogP contribution in [0.15, 0.2) is 29.6 Å². The quantitative estimate of drug-likeness (QED) is 0.863. The van der Waals surface area contributed by atoms with Crippen molar-refractivity contribution in [3.05, 3.63) is 29.6 Å². The Morgan fingerprint density at radius 2 is 2.09 bits per heavy atom. The largest absolute Gasteiger partial charge is 0.507 e. The molecule has 1 aromatic carbocycles. The highest BCUT2D eigenvalue weighted by molar-refractivity contribution is 7.89. The maximum atomic E-state index is 12.0. The minimum absolute atomic E-state index is 0.00535. The first kappa shape index (κ1) is 14.9. The molecule has 2 heterocycles. The Hall–Kier alpha value is -1.97. The van der Waals surface area contributed by atoms with Crippen LogP contribution in [0.25, 0.3) is 11.3 Å². The van der Waals surface area contributed by atoms with Gasteiger partial charge in [0.05, 0.1) is 5.69 Å². The topological polar surface area (TPSA) is 114 Å². The van der Waals surface area contributed by atoms with E-state index in [-0.39, 0.29) is 24.6 Å². The third-order valence-electron chi connectivity index (χ3n) is 3.46. The standard InChI is InChI=1S/C13H13N3O4S2/c14-22(19,20)8-5-12(18)16(6-8)13-15-10(7-21-13)9-3-1-2-4-11(9)17/h1-4,7-8,17H,5-6H2,(H2,14,19,20). The summed E-state index contributed by atoms with van der Waals surface area (Å²) in [7, 11) is -3.75. The van der Waals surface area contributed by atoms with E-state index in [1.165, 1.54) is 16.2 Å². The predicted molar refractivity (Wildman–Crippen MR) is 83.1 cm³/mol. The Morgan fingerprint density at radius 1 is 1.36 bits per heavy atom. The smallest absolute Gasteiger partial charge is 0.230 e. The van der Waals surface area contributed by atoms with Crippen molar-refractivity contribution in [1.82, 2.24) is 4.98 Å². The van der Waals surface area contributed by atoms with Gasteiger partial charge in [-0.3, -0.25) is 9.69 Å². The molecule has 0 bridgehead atoms. The second-order valence-electron chi connectivity index (χ2n) is 4.95. The van der Waals surface area contributed by atoms with Crippen LogP contribution in [0, 0.1) is 0 Å². The number of rotatable bonds is 3. The van der Waals surface area contributed by atoms with Crippen LogP contribution in [0.4, 0.5) is 5.13 Å². The average molecular weight is 339 g/mol. The fourth-order valence-electron chi connectivity index (χ4n) is 2.28. The summed E-state index contributed by atoms with van der Waals surface area (Å²) in [4.78, 5) is 17.6. The van der Waals surface area contributed by atoms with Gasteiger partial charge in [-0.1, -0.05) is 12.1 Å². The Kier molecular flexibility index (Phi) is 3.63. The summed E-state index contributed by atoms with van der Waals surface area (Å²) in [6, 6.07) is 6.73. The number of phenols is 1. The molecule has 3 rings (SSSR count). The number of para-hydroxylation sites is 1. The lowest BCUT2D eigenvalue weighted by atomic mass is 10.1. The Labute approximate surface area is 131 Å². The Bertz CT molecular complexity index is 831. The second kappa shape index (κ2) is 5.34. The Morgan fingerprint density at radius 3 is 2.73 bits per heavy atom. The van der Waals surface area contributed by atoms with E-state index in [4.69, 9.17) is 5.14 Å². The molecule has 3 N–H and O–H groups in total. The number of thiazole rings is 1. The van der Waals surface area contributed by atoms with Crippen molar-refractivity contribution in [1.29, 1.82) is 0 Å². The van der Waals surface area contributed by atoms with Gasteiger partial charge >= 0.3 is 0 Å². The lowest BCUT2D eigenvalue weighted by Gasteiger charge is -2.12. The number of aromatic hydroxyl groups is 1. The monoisotopic (exact) mass is 339 g/mol. The van der Waals surface area contributed by atoms with Gasteiger partial charge in [0.1, 0.15) is 11.0 Å². The van der Waals surface area contributed by atoms with Crippen molar-refractivity contribution < 1.29 is 18.3 Å². The minimum atomic E-state index is -3.75. The van der Waals surface area contributed by atoms with Crippen molar-refractivity contribution in [2.24, 2.45) is 5.14 Å². The number of aromatic nitrogens is 1. The molecule has 116 valence electrons. The first-order valence-electron chi connectivity index (χ1n) is 6.42. The SMILES string of the molecule is NS(=O)(=O)C1CC(=O)N(c2nc(-c3ccccc3O)cs2)C1. The fourth-order valence-corrected chi connectivity index (χ4v) is 3.87. The number of carbonyl (C=O) groups is 1. The summed E-state index contributed by atoms with van der Waals surface area (Å²) in [5.41, 5.74) is 1.09. The zero-order valence-corrected chi connectivity index (χ0v) is 13.0. The molecule has 1 saturated heterocycles. The van der Waals surface area contributed by atoms with E-state index >= 15 is 0 Å². The molecule has 0 saturated carbocycles. The number of anilines is 1. The van der Waals surface area contributed by atoms with Gasteiger partial charge in [0.25, 0.3) is 0 Å². The van der Waals surface area contributed by atoms with E-state index in [0.29, 0.717) is 16.4 Å². The molecule has 0 aliphatic carbocycles. The number of phenolic OH excluding ortho intramolecular Hbond substituents is 1. The highest BCUT2D eigenvalue weighted by Gasteiger charge is 2.38. The Balaban J connectivity index is 1.89. The molecule has 7 nitrogen and oxygen atoms in total. The summed E-state index contributed by atoms with van der Waals surface area (Å²) in [5, 5.41) is 16.1.